The molecule has 11 heteroatoms. The third-order valence-electron chi connectivity index (χ3n) is 4.84. The van der Waals surface area contributed by atoms with Crippen LogP contribution in [0, 0.1) is 5.92 Å². The summed E-state index contributed by atoms with van der Waals surface area (Å²) in [6.45, 7) is 5.07. The number of rotatable bonds is 13. The van der Waals surface area contributed by atoms with Gasteiger partial charge in [-0.05, 0) is 24.8 Å². The number of carboxylic acids is 1. The van der Waals surface area contributed by atoms with Crippen LogP contribution < -0.4 is 21.7 Å². The molecule has 1 rings (SSSR count). The van der Waals surface area contributed by atoms with Gasteiger partial charge in [-0.3, -0.25) is 14.4 Å². The van der Waals surface area contributed by atoms with E-state index < -0.39 is 54.0 Å². The first-order valence-corrected chi connectivity index (χ1v) is 11.3. The van der Waals surface area contributed by atoms with Gasteiger partial charge in [-0.1, -0.05) is 44.2 Å². The number of benzene rings is 1. The third-order valence-corrected chi connectivity index (χ3v) is 5.20. The van der Waals surface area contributed by atoms with E-state index in [-0.39, 0.29) is 18.1 Å². The van der Waals surface area contributed by atoms with Crippen molar-refractivity contribution in [3.05, 3.63) is 35.9 Å². The molecule has 0 heterocycles. The SMILES string of the molecule is CC(C)CC(N)C(=O)NC(CS)C(=O)NC(Cc1ccccc1)C(=O)NC(C(=O)O)C(C)O. The number of carbonyl (C=O) groups excluding carboxylic acids is 3. The third kappa shape index (κ3) is 9.80. The molecular weight excluding hydrogens is 448 g/mol. The zero-order valence-electron chi connectivity index (χ0n) is 19.0. The van der Waals surface area contributed by atoms with Gasteiger partial charge in [0.1, 0.15) is 12.1 Å². The summed E-state index contributed by atoms with van der Waals surface area (Å²) in [6, 6.07) is 4.23. The van der Waals surface area contributed by atoms with Crippen molar-refractivity contribution >= 4 is 36.3 Å². The van der Waals surface area contributed by atoms with Gasteiger partial charge >= 0.3 is 5.97 Å². The Balaban J connectivity index is 3.00. The van der Waals surface area contributed by atoms with E-state index in [2.05, 4.69) is 28.6 Å². The number of hydrogen-bond donors (Lipinski definition) is 7. The summed E-state index contributed by atoms with van der Waals surface area (Å²) in [5.74, 6) is -3.25. The van der Waals surface area contributed by atoms with Crippen LogP contribution in [0.25, 0.3) is 0 Å². The van der Waals surface area contributed by atoms with Crippen LogP contribution in [0.2, 0.25) is 0 Å². The van der Waals surface area contributed by atoms with Crippen molar-refractivity contribution in [3.8, 4) is 0 Å². The average Bonchev–Trinajstić information content (AvgIpc) is 2.74. The predicted molar refractivity (Wildman–Crippen MR) is 127 cm³/mol. The van der Waals surface area contributed by atoms with Crippen molar-refractivity contribution in [2.75, 3.05) is 5.75 Å². The molecule has 7 N–H and O–H groups in total. The molecular formula is C22H34N4O6S. The fraction of sp³-hybridized carbons (Fsp3) is 0.545. The van der Waals surface area contributed by atoms with Crippen molar-refractivity contribution < 1.29 is 29.4 Å². The first-order valence-electron chi connectivity index (χ1n) is 10.7. The summed E-state index contributed by atoms with van der Waals surface area (Å²) < 4.78 is 0. The lowest BCUT2D eigenvalue weighted by molar-refractivity contribution is -0.145. The number of amides is 3. The van der Waals surface area contributed by atoms with Gasteiger partial charge in [0, 0.05) is 12.2 Å². The molecule has 3 amide bonds. The van der Waals surface area contributed by atoms with Crippen LogP contribution in [-0.2, 0) is 25.6 Å². The Morgan fingerprint density at radius 3 is 1.97 bits per heavy atom. The highest BCUT2D eigenvalue weighted by Crippen LogP contribution is 2.07. The number of nitrogens with one attached hydrogen (secondary N) is 3. The van der Waals surface area contributed by atoms with Crippen LogP contribution in [0.15, 0.2) is 30.3 Å². The van der Waals surface area contributed by atoms with Crippen LogP contribution in [-0.4, -0.2) is 69.9 Å². The van der Waals surface area contributed by atoms with Crippen molar-refractivity contribution in [2.24, 2.45) is 11.7 Å². The Kier molecular flexibility index (Phi) is 11.9. The number of aliphatic carboxylic acids is 1. The van der Waals surface area contributed by atoms with E-state index in [1.807, 2.05) is 13.8 Å². The summed E-state index contributed by atoms with van der Waals surface area (Å²) in [7, 11) is 0. The van der Waals surface area contributed by atoms with E-state index >= 15 is 0 Å². The fourth-order valence-electron chi connectivity index (χ4n) is 3.06. The Labute approximate surface area is 199 Å². The topological polar surface area (TPSA) is 171 Å². The molecule has 0 spiro atoms. The number of carbonyl (C=O) groups is 4. The summed E-state index contributed by atoms with van der Waals surface area (Å²) in [5.41, 5.74) is 6.59. The molecule has 0 fully saturated rings. The lowest BCUT2D eigenvalue weighted by atomic mass is 10.0. The molecule has 184 valence electrons. The van der Waals surface area contributed by atoms with Gasteiger partial charge in [-0.25, -0.2) is 4.79 Å². The molecule has 1 aromatic rings. The average molecular weight is 483 g/mol. The van der Waals surface area contributed by atoms with E-state index in [4.69, 9.17) is 5.73 Å². The maximum Gasteiger partial charge on any atom is 0.328 e. The van der Waals surface area contributed by atoms with E-state index in [0.29, 0.717) is 12.0 Å². The van der Waals surface area contributed by atoms with Gasteiger partial charge in [0.15, 0.2) is 6.04 Å². The summed E-state index contributed by atoms with van der Waals surface area (Å²) >= 11 is 4.12. The molecule has 0 bridgehead atoms. The van der Waals surface area contributed by atoms with Gasteiger partial charge in [-0.15, -0.1) is 0 Å². The van der Waals surface area contributed by atoms with E-state index in [0.717, 1.165) is 0 Å². The number of thiol groups is 1. The second-order valence-corrected chi connectivity index (χ2v) is 8.66. The normalized spacial score (nSPS) is 15.6. The monoisotopic (exact) mass is 482 g/mol. The molecule has 1 aromatic carbocycles. The Bertz CT molecular complexity index is 805. The molecule has 0 aromatic heterocycles. The molecule has 0 aliphatic rings. The molecule has 0 aliphatic heterocycles. The van der Waals surface area contributed by atoms with Crippen LogP contribution in [0.5, 0.6) is 0 Å². The summed E-state index contributed by atoms with van der Waals surface area (Å²) in [5, 5.41) is 26.3. The quantitative estimate of drug-likeness (QED) is 0.185. The Hall–Kier alpha value is -2.63. The molecule has 0 radical (unpaired) electrons. The highest BCUT2D eigenvalue weighted by Gasteiger charge is 2.31. The van der Waals surface area contributed by atoms with Crippen LogP contribution in [0.3, 0.4) is 0 Å². The van der Waals surface area contributed by atoms with Gasteiger partial charge < -0.3 is 31.9 Å². The zero-order valence-corrected chi connectivity index (χ0v) is 19.9. The maximum atomic E-state index is 12.9. The fourth-order valence-corrected chi connectivity index (χ4v) is 3.32. The van der Waals surface area contributed by atoms with Crippen molar-refractivity contribution in [2.45, 2.75) is 63.9 Å². The highest BCUT2D eigenvalue weighted by atomic mass is 32.1. The number of nitrogens with two attached hydrogens (primary N) is 1. The van der Waals surface area contributed by atoms with Crippen LogP contribution >= 0.6 is 12.6 Å². The van der Waals surface area contributed by atoms with E-state index in [1.165, 1.54) is 6.92 Å². The molecule has 33 heavy (non-hydrogen) atoms. The number of aliphatic hydroxyl groups excluding tert-OH is 1. The van der Waals surface area contributed by atoms with Crippen molar-refractivity contribution in [1.29, 1.82) is 0 Å². The Morgan fingerprint density at radius 2 is 1.48 bits per heavy atom. The number of hydrogen-bond acceptors (Lipinski definition) is 7. The smallest absolute Gasteiger partial charge is 0.328 e. The second kappa shape index (κ2) is 13.8. The Morgan fingerprint density at radius 1 is 0.939 bits per heavy atom. The zero-order chi connectivity index (χ0) is 25.1. The summed E-state index contributed by atoms with van der Waals surface area (Å²) in [6.07, 6.45) is -0.863. The van der Waals surface area contributed by atoms with E-state index in [1.54, 1.807) is 30.3 Å². The van der Waals surface area contributed by atoms with Crippen molar-refractivity contribution in [1.82, 2.24) is 16.0 Å². The van der Waals surface area contributed by atoms with Crippen LogP contribution in [0.4, 0.5) is 0 Å². The maximum absolute atomic E-state index is 12.9. The minimum atomic E-state index is -1.55. The molecule has 0 saturated heterocycles. The molecule has 5 atom stereocenters. The van der Waals surface area contributed by atoms with Gasteiger partial charge in [0.25, 0.3) is 0 Å². The number of carboxylic acid groups (broad SMARTS) is 1. The first-order chi connectivity index (χ1) is 15.5. The van der Waals surface area contributed by atoms with Gasteiger partial charge in [-0.2, -0.15) is 12.6 Å². The highest BCUT2D eigenvalue weighted by molar-refractivity contribution is 7.80. The number of aliphatic hydroxyl groups is 1. The van der Waals surface area contributed by atoms with Gasteiger partial charge in [0.2, 0.25) is 17.7 Å². The van der Waals surface area contributed by atoms with Crippen LogP contribution in [0.1, 0.15) is 32.8 Å². The standard InChI is InChI=1S/C22H34N4O6S/c1-12(2)9-15(23)19(28)25-17(11-33)21(30)24-16(10-14-7-5-4-6-8-14)20(29)26-18(13(3)27)22(31)32/h4-8,12-13,15-18,27,33H,9-11,23H2,1-3H3,(H,24,30)(H,25,28)(H,26,29)(H,31,32). The van der Waals surface area contributed by atoms with E-state index in [9.17, 15) is 29.4 Å². The predicted octanol–water partition coefficient (Wildman–Crippen LogP) is -0.548. The van der Waals surface area contributed by atoms with Gasteiger partial charge in [0.05, 0.1) is 12.1 Å². The molecule has 10 nitrogen and oxygen atoms in total. The molecule has 0 saturated carbocycles. The minimum absolute atomic E-state index is 0.0446. The first kappa shape index (κ1) is 28.4. The second-order valence-electron chi connectivity index (χ2n) is 8.30. The van der Waals surface area contributed by atoms with Crippen molar-refractivity contribution in [3.63, 3.8) is 0 Å². The lowest BCUT2D eigenvalue weighted by Gasteiger charge is -2.25. The largest absolute Gasteiger partial charge is 0.480 e. The minimum Gasteiger partial charge on any atom is -0.480 e. The summed E-state index contributed by atoms with van der Waals surface area (Å²) in [4.78, 5) is 49.4. The molecule has 5 unspecified atom stereocenters. The molecule has 0 aliphatic carbocycles. The lowest BCUT2D eigenvalue weighted by Crippen LogP contribution is -2.59.